The van der Waals surface area contributed by atoms with Crippen molar-refractivity contribution < 1.29 is 24.3 Å². The molecule has 3 amide bonds. The molecule has 11 N–H and O–H groups in total. The molecule has 0 bridgehead atoms. The number of H-pyrrole nitrogens is 1. The summed E-state index contributed by atoms with van der Waals surface area (Å²) < 4.78 is 0. The van der Waals surface area contributed by atoms with Crippen LogP contribution < -0.4 is 33.2 Å². The van der Waals surface area contributed by atoms with Crippen molar-refractivity contribution >= 4 is 53.2 Å². The first-order valence-corrected chi connectivity index (χ1v) is 11.8. The van der Waals surface area contributed by atoms with E-state index in [0.29, 0.717) is 6.42 Å². The minimum atomic E-state index is -1.26. The third kappa shape index (κ3) is 8.46. The Hall–Kier alpha value is -3.78. The minimum Gasteiger partial charge on any atom is -0.480 e. The second-order valence-corrected chi connectivity index (χ2v) is 8.34. The molecule has 0 aliphatic rings. The number of carbonyl (C=O) groups is 4. The number of fused-ring (bicyclic) bond motifs is 1. The van der Waals surface area contributed by atoms with Crippen LogP contribution in [0, 0.1) is 0 Å². The highest BCUT2D eigenvalue weighted by molar-refractivity contribution is 7.80. The molecule has 0 saturated carbocycles. The number of nitrogens with two attached hydrogens (primary N) is 3. The maximum atomic E-state index is 13.1. The van der Waals surface area contributed by atoms with Crippen molar-refractivity contribution in [1.82, 2.24) is 20.9 Å². The average molecular weight is 521 g/mol. The van der Waals surface area contributed by atoms with Gasteiger partial charge >= 0.3 is 5.97 Å². The van der Waals surface area contributed by atoms with Gasteiger partial charge in [-0.3, -0.25) is 19.4 Å². The summed E-state index contributed by atoms with van der Waals surface area (Å²) in [5.74, 6) is -3.42. The van der Waals surface area contributed by atoms with E-state index in [-0.39, 0.29) is 37.6 Å². The monoisotopic (exact) mass is 520 g/mol. The Morgan fingerprint density at radius 2 is 1.69 bits per heavy atom. The molecule has 36 heavy (non-hydrogen) atoms. The number of aliphatic carboxylic acids is 1. The van der Waals surface area contributed by atoms with Crippen LogP contribution in [0.25, 0.3) is 10.9 Å². The van der Waals surface area contributed by atoms with E-state index in [2.05, 4.69) is 38.6 Å². The predicted octanol–water partition coefficient (Wildman–Crippen LogP) is -1.81. The van der Waals surface area contributed by atoms with Gasteiger partial charge in [-0.2, -0.15) is 12.6 Å². The molecule has 2 aromatic rings. The number of carboxylic acid groups (broad SMARTS) is 1. The van der Waals surface area contributed by atoms with Crippen molar-refractivity contribution in [2.45, 2.75) is 37.4 Å². The average Bonchev–Trinajstić information content (AvgIpc) is 3.25. The Morgan fingerprint density at radius 3 is 2.33 bits per heavy atom. The summed E-state index contributed by atoms with van der Waals surface area (Å²) in [6.07, 6.45) is 2.31. The summed E-state index contributed by atoms with van der Waals surface area (Å²) >= 11 is 3.97. The predicted molar refractivity (Wildman–Crippen MR) is 138 cm³/mol. The van der Waals surface area contributed by atoms with Crippen LogP contribution in [0.4, 0.5) is 0 Å². The van der Waals surface area contributed by atoms with Gasteiger partial charge < -0.3 is 43.2 Å². The molecule has 3 unspecified atom stereocenters. The normalized spacial score (nSPS) is 13.3. The van der Waals surface area contributed by atoms with Crippen molar-refractivity contribution in [3.05, 3.63) is 36.0 Å². The van der Waals surface area contributed by atoms with Gasteiger partial charge in [-0.05, 0) is 24.5 Å². The molecule has 0 saturated heterocycles. The zero-order valence-electron chi connectivity index (χ0n) is 19.6. The highest BCUT2D eigenvalue weighted by atomic mass is 32.1. The van der Waals surface area contributed by atoms with E-state index in [1.165, 1.54) is 0 Å². The zero-order chi connectivity index (χ0) is 26.7. The van der Waals surface area contributed by atoms with Crippen molar-refractivity contribution in [3.8, 4) is 0 Å². The summed E-state index contributed by atoms with van der Waals surface area (Å²) in [4.78, 5) is 56.5. The van der Waals surface area contributed by atoms with Gasteiger partial charge in [0.15, 0.2) is 5.96 Å². The molecule has 0 fully saturated rings. The summed E-state index contributed by atoms with van der Waals surface area (Å²) in [5.41, 5.74) is 17.6. The molecule has 2 rings (SSSR count). The van der Waals surface area contributed by atoms with Gasteiger partial charge in [-0.1, -0.05) is 18.2 Å². The van der Waals surface area contributed by atoms with E-state index >= 15 is 0 Å². The van der Waals surface area contributed by atoms with Gasteiger partial charge in [0.2, 0.25) is 17.7 Å². The number of para-hydroxylation sites is 1. The number of benzene rings is 1. The van der Waals surface area contributed by atoms with Crippen molar-refractivity contribution in [1.29, 1.82) is 0 Å². The molecule has 14 heteroatoms. The lowest BCUT2D eigenvalue weighted by Gasteiger charge is -2.24. The van der Waals surface area contributed by atoms with E-state index in [0.717, 1.165) is 16.5 Å². The number of hydrogen-bond acceptors (Lipinski definition) is 7. The fraction of sp³-hybridized carbons (Fsp3) is 0.409. The van der Waals surface area contributed by atoms with Crippen LogP contribution in [0.15, 0.2) is 35.5 Å². The molecule has 3 atom stereocenters. The van der Waals surface area contributed by atoms with Crippen LogP contribution in [0.5, 0.6) is 0 Å². The van der Waals surface area contributed by atoms with Crippen LogP contribution in [0.1, 0.15) is 18.4 Å². The topological polar surface area (TPSA) is 231 Å². The van der Waals surface area contributed by atoms with Crippen LogP contribution in [-0.4, -0.2) is 76.7 Å². The largest absolute Gasteiger partial charge is 0.480 e. The van der Waals surface area contributed by atoms with E-state index in [4.69, 9.17) is 17.2 Å². The number of aliphatic imine (C=N–C) groups is 1. The van der Waals surface area contributed by atoms with Gasteiger partial charge in [0.05, 0.1) is 6.54 Å². The van der Waals surface area contributed by atoms with Gasteiger partial charge in [0.1, 0.15) is 18.1 Å². The number of carboxylic acids is 1. The lowest BCUT2D eigenvalue weighted by molar-refractivity contribution is -0.141. The lowest BCUT2D eigenvalue weighted by Crippen LogP contribution is -2.57. The Labute approximate surface area is 213 Å². The number of aromatic nitrogens is 1. The van der Waals surface area contributed by atoms with Crippen molar-refractivity contribution in [3.63, 3.8) is 0 Å². The number of hydrogen-bond donors (Lipinski definition) is 9. The number of aromatic amines is 1. The molecule has 1 aromatic carbocycles. The number of carbonyl (C=O) groups excluding carboxylic acids is 3. The minimum absolute atomic E-state index is 0.0616. The zero-order valence-corrected chi connectivity index (χ0v) is 20.5. The fourth-order valence-electron chi connectivity index (χ4n) is 3.49. The van der Waals surface area contributed by atoms with Crippen LogP contribution in [-0.2, 0) is 25.6 Å². The van der Waals surface area contributed by atoms with E-state index in [1.807, 2.05) is 24.3 Å². The molecule has 1 aromatic heterocycles. The van der Waals surface area contributed by atoms with Gasteiger partial charge in [-0.25, -0.2) is 4.79 Å². The molecule has 1 heterocycles. The highest BCUT2D eigenvalue weighted by Crippen LogP contribution is 2.19. The van der Waals surface area contributed by atoms with Crippen molar-refractivity contribution in [2.24, 2.45) is 22.2 Å². The lowest BCUT2D eigenvalue weighted by atomic mass is 10.0. The Kier molecular flexibility index (Phi) is 11.0. The van der Waals surface area contributed by atoms with Gasteiger partial charge in [-0.15, -0.1) is 0 Å². The summed E-state index contributed by atoms with van der Waals surface area (Å²) in [7, 11) is 0. The first-order valence-electron chi connectivity index (χ1n) is 11.2. The number of guanidine groups is 1. The van der Waals surface area contributed by atoms with E-state index in [9.17, 15) is 24.3 Å². The Morgan fingerprint density at radius 1 is 1.03 bits per heavy atom. The summed E-state index contributed by atoms with van der Waals surface area (Å²) in [6.45, 7) is -0.106. The standard InChI is InChI=1S/C22H32N8O5S/c23-9-18(31)28-15(6-3-7-26-22(24)25)19(32)29-16(20(33)30-17(11-36)21(34)35)8-12-10-27-14-5-2-1-4-13(12)14/h1-2,4-5,10,15-17,27,36H,3,6-9,11,23H2,(H,28,31)(H,29,32)(H,30,33)(H,34,35)(H4,24,25,26). The number of thiol groups is 1. The molecule has 196 valence electrons. The maximum absolute atomic E-state index is 13.1. The number of nitrogens with one attached hydrogen (secondary N) is 4. The van der Waals surface area contributed by atoms with Gasteiger partial charge in [0.25, 0.3) is 0 Å². The van der Waals surface area contributed by atoms with E-state index in [1.54, 1.807) is 6.20 Å². The summed E-state index contributed by atoms with van der Waals surface area (Å²) in [5, 5.41) is 17.7. The maximum Gasteiger partial charge on any atom is 0.327 e. The van der Waals surface area contributed by atoms with Crippen LogP contribution in [0.3, 0.4) is 0 Å². The van der Waals surface area contributed by atoms with Crippen LogP contribution in [0.2, 0.25) is 0 Å². The number of nitrogens with zero attached hydrogens (tertiary/aromatic N) is 1. The highest BCUT2D eigenvalue weighted by Gasteiger charge is 2.29. The van der Waals surface area contributed by atoms with Crippen LogP contribution >= 0.6 is 12.6 Å². The molecule has 0 aliphatic carbocycles. The molecular formula is C22H32N8O5S. The first-order chi connectivity index (χ1) is 17.2. The second-order valence-electron chi connectivity index (χ2n) is 7.98. The molecule has 0 aliphatic heterocycles. The number of rotatable bonds is 14. The third-order valence-corrected chi connectivity index (χ3v) is 5.68. The quantitative estimate of drug-likeness (QED) is 0.0595. The Bertz CT molecular complexity index is 1100. The third-order valence-electron chi connectivity index (χ3n) is 5.31. The number of amides is 3. The SMILES string of the molecule is NCC(=O)NC(CCCN=C(N)N)C(=O)NC(Cc1c[nH]c2ccccc12)C(=O)NC(CS)C(=O)O. The second kappa shape index (κ2) is 13.9. The fourth-order valence-corrected chi connectivity index (χ4v) is 3.73. The smallest absolute Gasteiger partial charge is 0.327 e. The molecule has 0 radical (unpaired) electrons. The first kappa shape index (κ1) is 28.5. The molecular weight excluding hydrogens is 488 g/mol. The van der Waals surface area contributed by atoms with Crippen molar-refractivity contribution in [2.75, 3.05) is 18.8 Å². The molecule has 13 nitrogen and oxygen atoms in total. The Balaban J connectivity index is 2.26. The summed E-state index contributed by atoms with van der Waals surface area (Å²) in [6, 6.07) is 4.00. The molecule has 0 spiro atoms. The van der Waals surface area contributed by atoms with E-state index < -0.39 is 41.8 Å². The van der Waals surface area contributed by atoms with Gasteiger partial charge in [0, 0.05) is 35.8 Å².